The van der Waals surface area contributed by atoms with Crippen LogP contribution in [0.3, 0.4) is 0 Å². The first-order valence-electron chi connectivity index (χ1n) is 5.56. The largest absolute Gasteiger partial charge is 0.463 e. The zero-order valence-corrected chi connectivity index (χ0v) is 10.7. The second kappa shape index (κ2) is 4.78. The lowest BCUT2D eigenvalue weighted by molar-refractivity contribution is -0.193. The Labute approximate surface area is 103 Å². The van der Waals surface area contributed by atoms with Crippen LogP contribution in [-0.4, -0.2) is 30.6 Å². The number of rotatable bonds is 2. The van der Waals surface area contributed by atoms with E-state index in [2.05, 4.69) is 14.7 Å². The fourth-order valence-corrected chi connectivity index (χ4v) is 1.71. The van der Waals surface area contributed by atoms with Gasteiger partial charge in [-0.05, 0) is 6.92 Å². The molecular weight excluding hydrogens is 251 g/mol. The lowest BCUT2D eigenvalue weighted by Crippen LogP contribution is -2.45. The Bertz CT molecular complexity index is 358. The smallest absolute Gasteiger partial charge is 0.401 e. The van der Waals surface area contributed by atoms with Crippen LogP contribution in [0, 0.1) is 11.3 Å². The fraction of sp³-hybridized carbons (Fsp3) is 0.818. The van der Waals surface area contributed by atoms with E-state index in [1.54, 1.807) is 20.8 Å². The van der Waals surface area contributed by atoms with Gasteiger partial charge in [0.05, 0.1) is 12.3 Å². The zero-order chi connectivity index (χ0) is 14.1. The van der Waals surface area contributed by atoms with E-state index in [4.69, 9.17) is 0 Å². The Hall–Kier alpha value is -1.27. The number of alkyl halides is 3. The molecular formula is C11H16F3NO3. The molecule has 104 valence electrons. The summed E-state index contributed by atoms with van der Waals surface area (Å²) in [5, 5.41) is 3.44. The second-order valence-electron chi connectivity index (χ2n) is 5.02. The van der Waals surface area contributed by atoms with Crippen molar-refractivity contribution in [2.45, 2.75) is 40.0 Å². The molecule has 0 N–H and O–H groups in total. The van der Waals surface area contributed by atoms with E-state index in [1.165, 1.54) is 6.92 Å². The molecule has 4 nitrogen and oxygen atoms in total. The summed E-state index contributed by atoms with van der Waals surface area (Å²) in [6.07, 6.45) is -6.33. The highest BCUT2D eigenvalue weighted by atomic mass is 19.4. The van der Waals surface area contributed by atoms with Crippen molar-refractivity contribution in [3.05, 3.63) is 0 Å². The van der Waals surface area contributed by atoms with Crippen molar-refractivity contribution in [2.75, 3.05) is 6.61 Å². The number of esters is 1. The zero-order valence-electron chi connectivity index (χ0n) is 10.7. The van der Waals surface area contributed by atoms with Crippen molar-refractivity contribution in [1.29, 1.82) is 0 Å². The maximum atomic E-state index is 13.0. The summed E-state index contributed by atoms with van der Waals surface area (Å²) < 4.78 is 43.6. The van der Waals surface area contributed by atoms with E-state index in [-0.39, 0.29) is 12.3 Å². The first kappa shape index (κ1) is 14.8. The van der Waals surface area contributed by atoms with Crippen LogP contribution in [0.1, 0.15) is 27.7 Å². The Morgan fingerprint density at radius 3 is 2.33 bits per heavy atom. The molecule has 0 aromatic rings. The quantitative estimate of drug-likeness (QED) is 0.722. The minimum absolute atomic E-state index is 0.00583. The van der Waals surface area contributed by atoms with Crippen LogP contribution < -0.4 is 0 Å². The van der Waals surface area contributed by atoms with Crippen LogP contribution in [0.25, 0.3) is 0 Å². The predicted molar refractivity (Wildman–Crippen MR) is 57.9 cm³/mol. The summed E-state index contributed by atoms with van der Waals surface area (Å²) in [6.45, 7) is 6.26. The van der Waals surface area contributed by atoms with Crippen molar-refractivity contribution >= 4 is 11.7 Å². The Morgan fingerprint density at radius 2 is 1.94 bits per heavy atom. The van der Waals surface area contributed by atoms with Crippen LogP contribution in [0.15, 0.2) is 5.16 Å². The van der Waals surface area contributed by atoms with Gasteiger partial charge in [-0.2, -0.15) is 13.2 Å². The van der Waals surface area contributed by atoms with Gasteiger partial charge >= 0.3 is 12.1 Å². The lowest BCUT2D eigenvalue weighted by Gasteiger charge is -2.26. The Morgan fingerprint density at radius 1 is 1.39 bits per heavy atom. The molecule has 0 aromatic heterocycles. The standard InChI is InChI=1S/C11H16F3NO3/c1-5-17-9(16)7-6(11(12,13)14)8(15-18-7)10(2,3)4/h6-7H,5H2,1-4H3. The van der Waals surface area contributed by atoms with Gasteiger partial charge in [0.2, 0.25) is 6.10 Å². The molecule has 7 heteroatoms. The molecule has 2 unspecified atom stereocenters. The highest BCUT2D eigenvalue weighted by Gasteiger charge is 2.58. The highest BCUT2D eigenvalue weighted by molar-refractivity contribution is 5.97. The summed E-state index contributed by atoms with van der Waals surface area (Å²) in [6, 6.07) is 0. The van der Waals surface area contributed by atoms with Gasteiger partial charge in [0.15, 0.2) is 0 Å². The number of halogens is 3. The molecule has 0 spiro atoms. The highest BCUT2D eigenvalue weighted by Crippen LogP contribution is 2.40. The average molecular weight is 267 g/mol. The molecule has 0 bridgehead atoms. The van der Waals surface area contributed by atoms with Gasteiger partial charge in [-0.15, -0.1) is 0 Å². The third-order valence-corrected chi connectivity index (χ3v) is 2.50. The minimum atomic E-state index is -4.60. The molecule has 0 aromatic carbocycles. The Kier molecular flexibility index (Phi) is 3.92. The van der Waals surface area contributed by atoms with E-state index < -0.39 is 29.6 Å². The van der Waals surface area contributed by atoms with Gasteiger partial charge < -0.3 is 9.57 Å². The lowest BCUT2D eigenvalue weighted by atomic mass is 9.80. The summed E-state index contributed by atoms with van der Waals surface area (Å²) in [5.74, 6) is -3.08. The van der Waals surface area contributed by atoms with Gasteiger partial charge in [-0.25, -0.2) is 4.79 Å². The van der Waals surface area contributed by atoms with Crippen molar-refractivity contribution in [2.24, 2.45) is 16.5 Å². The normalized spacial score (nSPS) is 24.5. The van der Waals surface area contributed by atoms with Gasteiger partial charge in [0.1, 0.15) is 5.92 Å². The van der Waals surface area contributed by atoms with Crippen LogP contribution in [0.5, 0.6) is 0 Å². The molecule has 18 heavy (non-hydrogen) atoms. The molecule has 0 fully saturated rings. The van der Waals surface area contributed by atoms with E-state index in [1.807, 2.05) is 0 Å². The van der Waals surface area contributed by atoms with Gasteiger partial charge in [0.25, 0.3) is 0 Å². The summed E-state index contributed by atoms with van der Waals surface area (Å²) in [7, 11) is 0. The maximum absolute atomic E-state index is 13.0. The minimum Gasteiger partial charge on any atom is -0.463 e. The predicted octanol–water partition coefficient (Wildman–Crippen LogP) is 2.53. The summed E-state index contributed by atoms with van der Waals surface area (Å²) >= 11 is 0. The fourth-order valence-electron chi connectivity index (χ4n) is 1.71. The molecule has 1 aliphatic rings. The number of carbonyl (C=O) groups is 1. The molecule has 0 saturated carbocycles. The van der Waals surface area contributed by atoms with Crippen LogP contribution in [0.4, 0.5) is 13.2 Å². The van der Waals surface area contributed by atoms with Gasteiger partial charge in [-0.3, -0.25) is 0 Å². The number of hydrogen-bond acceptors (Lipinski definition) is 4. The summed E-state index contributed by atoms with van der Waals surface area (Å²) in [5.41, 5.74) is -1.02. The molecule has 1 aliphatic heterocycles. The van der Waals surface area contributed by atoms with E-state index in [0.717, 1.165) is 0 Å². The molecule has 0 amide bonds. The number of ether oxygens (including phenoxy) is 1. The topological polar surface area (TPSA) is 47.9 Å². The number of oxime groups is 1. The van der Waals surface area contributed by atoms with Crippen LogP contribution in [0.2, 0.25) is 0 Å². The number of nitrogens with zero attached hydrogens (tertiary/aromatic N) is 1. The number of hydrogen-bond donors (Lipinski definition) is 0. The van der Waals surface area contributed by atoms with E-state index >= 15 is 0 Å². The molecule has 0 radical (unpaired) electrons. The number of carbonyl (C=O) groups excluding carboxylic acids is 1. The molecule has 2 atom stereocenters. The first-order chi connectivity index (χ1) is 8.09. The van der Waals surface area contributed by atoms with Crippen LogP contribution in [-0.2, 0) is 14.4 Å². The Balaban J connectivity index is 3.03. The third kappa shape index (κ3) is 2.94. The van der Waals surface area contributed by atoms with Crippen molar-refractivity contribution in [3.63, 3.8) is 0 Å². The van der Waals surface area contributed by atoms with Crippen LogP contribution >= 0.6 is 0 Å². The van der Waals surface area contributed by atoms with Crippen molar-refractivity contribution < 1.29 is 27.5 Å². The maximum Gasteiger partial charge on any atom is 0.401 e. The SMILES string of the molecule is CCOC(=O)C1ON=C(C(C)(C)C)C1C(F)(F)F. The third-order valence-electron chi connectivity index (χ3n) is 2.50. The summed E-state index contributed by atoms with van der Waals surface area (Å²) in [4.78, 5) is 16.1. The van der Waals surface area contributed by atoms with Crippen molar-refractivity contribution in [3.8, 4) is 0 Å². The van der Waals surface area contributed by atoms with Crippen molar-refractivity contribution in [1.82, 2.24) is 0 Å². The molecule has 0 aliphatic carbocycles. The second-order valence-corrected chi connectivity index (χ2v) is 5.02. The molecule has 0 saturated heterocycles. The molecule has 1 heterocycles. The monoisotopic (exact) mass is 267 g/mol. The average Bonchev–Trinajstić information content (AvgIpc) is 2.60. The molecule has 1 rings (SSSR count). The van der Waals surface area contributed by atoms with E-state index in [0.29, 0.717) is 0 Å². The van der Waals surface area contributed by atoms with E-state index in [9.17, 15) is 18.0 Å². The van der Waals surface area contributed by atoms with Gasteiger partial charge in [-0.1, -0.05) is 25.9 Å². The van der Waals surface area contributed by atoms with Gasteiger partial charge in [0, 0.05) is 5.41 Å². The first-order valence-corrected chi connectivity index (χ1v) is 5.56.